The van der Waals surface area contributed by atoms with Gasteiger partial charge in [0.25, 0.3) is 0 Å². The van der Waals surface area contributed by atoms with E-state index >= 15 is 0 Å². The number of phosphoric acid groups is 1. The summed E-state index contributed by atoms with van der Waals surface area (Å²) < 4.78 is 72.7. The molecule has 1 aromatic rings. The first kappa shape index (κ1) is 29.0. The summed E-state index contributed by atoms with van der Waals surface area (Å²) >= 11 is 0. The topological polar surface area (TPSA) is 127 Å². The lowest BCUT2D eigenvalue weighted by atomic mass is 9.75. The first-order valence-electron chi connectivity index (χ1n) is 9.89. The number of rotatable bonds is 5. The van der Waals surface area contributed by atoms with E-state index in [0.717, 1.165) is 37.8 Å². The number of likely N-dealkylation sites (tertiary alicyclic amines) is 1. The number of sulfonamides is 1. The van der Waals surface area contributed by atoms with Gasteiger partial charge in [-0.15, -0.1) is 0 Å². The fourth-order valence-corrected chi connectivity index (χ4v) is 4.27. The second kappa shape index (κ2) is 10.9. The highest BCUT2D eigenvalue weighted by molar-refractivity contribution is 7.88. The maximum absolute atomic E-state index is 13.2. The van der Waals surface area contributed by atoms with Crippen LogP contribution >= 0.6 is 7.82 Å². The molecule has 1 aliphatic heterocycles. The van der Waals surface area contributed by atoms with Crippen LogP contribution in [0.3, 0.4) is 0 Å². The minimum Gasteiger partial charge on any atom is -0.303 e. The van der Waals surface area contributed by atoms with Crippen molar-refractivity contribution >= 4 is 17.8 Å². The van der Waals surface area contributed by atoms with Crippen molar-refractivity contribution in [3.63, 3.8) is 0 Å². The Morgan fingerprint density at radius 2 is 1.53 bits per heavy atom. The fourth-order valence-electron chi connectivity index (χ4n) is 3.57. The number of benzene rings is 1. The maximum atomic E-state index is 13.2. The molecule has 2 rings (SSSR count). The van der Waals surface area contributed by atoms with Crippen molar-refractivity contribution in [2.45, 2.75) is 52.4 Å². The molecule has 1 aliphatic rings. The number of piperidine rings is 1. The van der Waals surface area contributed by atoms with E-state index in [1.165, 1.54) is 12.1 Å². The summed E-state index contributed by atoms with van der Waals surface area (Å²) in [6.07, 6.45) is -1.73. The molecule has 13 heteroatoms. The van der Waals surface area contributed by atoms with Gasteiger partial charge in [-0.05, 0) is 48.4 Å². The number of hydrogen-bond donors (Lipinski definition) is 4. The van der Waals surface area contributed by atoms with Crippen molar-refractivity contribution in [3.8, 4) is 0 Å². The fraction of sp³-hybridized carbons (Fsp3) is 0.684. The van der Waals surface area contributed by atoms with Gasteiger partial charge in [-0.25, -0.2) is 13.0 Å². The van der Waals surface area contributed by atoms with Crippen LogP contribution in [0.1, 0.15) is 50.8 Å². The monoisotopic (exact) mass is 504 g/mol. The predicted octanol–water partition coefficient (Wildman–Crippen LogP) is 3.17. The lowest BCUT2D eigenvalue weighted by Gasteiger charge is -2.38. The number of alkyl halides is 3. The van der Waals surface area contributed by atoms with Crippen LogP contribution < -0.4 is 4.72 Å². The quantitative estimate of drug-likeness (QED) is 0.454. The second-order valence-corrected chi connectivity index (χ2v) is 11.8. The van der Waals surface area contributed by atoms with E-state index in [2.05, 4.69) is 25.7 Å². The Morgan fingerprint density at radius 3 is 1.88 bits per heavy atom. The van der Waals surface area contributed by atoms with Crippen LogP contribution in [0, 0.1) is 11.3 Å². The van der Waals surface area contributed by atoms with Crippen molar-refractivity contribution < 1.29 is 40.8 Å². The molecule has 1 atom stereocenters. The maximum Gasteiger partial charge on any atom is 0.466 e. The summed E-state index contributed by atoms with van der Waals surface area (Å²) in [6.45, 7) is 9.41. The van der Waals surface area contributed by atoms with Gasteiger partial charge in [0.15, 0.2) is 0 Å². The van der Waals surface area contributed by atoms with Crippen molar-refractivity contribution in [1.82, 2.24) is 9.62 Å². The normalized spacial score (nSPS) is 18.1. The summed E-state index contributed by atoms with van der Waals surface area (Å²) in [5.41, 5.74) is 1.11. The molecule has 32 heavy (non-hydrogen) atoms. The van der Waals surface area contributed by atoms with Crippen LogP contribution in [-0.4, -0.2) is 53.5 Å². The van der Waals surface area contributed by atoms with Crippen LogP contribution in [0.15, 0.2) is 24.3 Å². The molecule has 0 saturated carbocycles. The highest BCUT2D eigenvalue weighted by Gasteiger charge is 2.42. The molecule has 4 N–H and O–H groups in total. The van der Waals surface area contributed by atoms with Crippen LogP contribution in [0.4, 0.5) is 13.2 Å². The molecule has 0 aliphatic carbocycles. The summed E-state index contributed by atoms with van der Waals surface area (Å²) in [5.74, 6) is 0.686. The minimum atomic E-state index is -4.70. The van der Waals surface area contributed by atoms with Gasteiger partial charge in [-0.1, -0.05) is 45.0 Å². The molecule has 186 valence electrons. The third-order valence-electron chi connectivity index (χ3n) is 5.19. The number of hydrogen-bond acceptors (Lipinski definition) is 4. The molecule has 1 saturated heterocycles. The van der Waals surface area contributed by atoms with Gasteiger partial charge in [0.1, 0.15) is 6.04 Å². The van der Waals surface area contributed by atoms with E-state index in [1.54, 1.807) is 16.9 Å². The number of nitrogens with zero attached hydrogens (tertiary/aromatic N) is 1. The van der Waals surface area contributed by atoms with E-state index in [9.17, 15) is 21.6 Å². The van der Waals surface area contributed by atoms with E-state index in [1.807, 2.05) is 0 Å². The van der Waals surface area contributed by atoms with E-state index in [0.29, 0.717) is 17.9 Å². The first-order valence-corrected chi connectivity index (χ1v) is 13.3. The Morgan fingerprint density at radius 1 is 1.09 bits per heavy atom. The molecular formula is C19H32F3N2O6PS. The summed E-state index contributed by atoms with van der Waals surface area (Å²) in [5, 5.41) is 0. The molecule has 8 nitrogen and oxygen atoms in total. The third kappa shape index (κ3) is 11.7. The summed E-state index contributed by atoms with van der Waals surface area (Å²) in [4.78, 5) is 23.9. The molecular weight excluding hydrogens is 472 g/mol. The lowest BCUT2D eigenvalue weighted by Crippen LogP contribution is -2.38. The van der Waals surface area contributed by atoms with Gasteiger partial charge >= 0.3 is 14.0 Å². The molecule has 1 fully saturated rings. The Kier molecular flexibility index (Phi) is 9.93. The van der Waals surface area contributed by atoms with Crippen molar-refractivity contribution in [3.05, 3.63) is 35.4 Å². The van der Waals surface area contributed by atoms with Gasteiger partial charge in [0.05, 0.1) is 6.26 Å². The minimum absolute atomic E-state index is 0.108. The van der Waals surface area contributed by atoms with Gasteiger partial charge < -0.3 is 14.7 Å². The van der Waals surface area contributed by atoms with E-state index in [4.69, 9.17) is 19.2 Å². The summed E-state index contributed by atoms with van der Waals surface area (Å²) in [6, 6.07) is 3.77. The Hall–Kier alpha value is -1.01. The van der Waals surface area contributed by atoms with Crippen molar-refractivity contribution in [2.24, 2.45) is 11.3 Å². The van der Waals surface area contributed by atoms with Gasteiger partial charge in [-0.2, -0.15) is 17.9 Å². The highest BCUT2D eigenvalue weighted by Crippen LogP contribution is 2.35. The highest BCUT2D eigenvalue weighted by atomic mass is 32.2. The zero-order valence-electron chi connectivity index (χ0n) is 18.5. The largest absolute Gasteiger partial charge is 0.466 e. The Labute approximate surface area is 187 Å². The average Bonchev–Trinajstić information content (AvgIpc) is 2.57. The van der Waals surface area contributed by atoms with Gasteiger partial charge in [0.2, 0.25) is 10.0 Å². The number of halogens is 3. The van der Waals surface area contributed by atoms with Crippen molar-refractivity contribution in [1.29, 1.82) is 0 Å². The molecule has 0 radical (unpaired) electrons. The van der Waals surface area contributed by atoms with E-state index < -0.39 is 30.1 Å². The summed E-state index contributed by atoms with van der Waals surface area (Å²) in [7, 11) is -8.62. The molecule has 0 bridgehead atoms. The predicted molar refractivity (Wildman–Crippen MR) is 115 cm³/mol. The lowest BCUT2D eigenvalue weighted by molar-refractivity contribution is -0.153. The molecule has 0 spiro atoms. The van der Waals surface area contributed by atoms with Crippen molar-refractivity contribution in [2.75, 3.05) is 19.3 Å². The molecule has 1 aromatic carbocycles. The van der Waals surface area contributed by atoms with Gasteiger partial charge in [-0.3, -0.25) is 4.90 Å². The molecule has 0 amide bonds. The Balaban J connectivity index is 0.000000920. The second-order valence-electron chi connectivity index (χ2n) is 9.04. The zero-order chi connectivity index (χ0) is 25.0. The third-order valence-corrected chi connectivity index (χ3v) is 5.85. The standard InChI is InChI=1S/C19H29F3N2O2S.H3O4P/c1-18(2,3)16-9-11-24(12-10-16)13-14-5-7-15(8-6-14)17(19(20,21)22)23-27(4,25)26;1-5(2,3)4/h5-8,16-17,23H,9-13H2,1-4H3;(H3,1,2,3,4)/t17-;/m0./s1. The molecule has 1 heterocycles. The number of nitrogens with one attached hydrogen (secondary N) is 1. The van der Waals surface area contributed by atoms with Crippen LogP contribution in [0.5, 0.6) is 0 Å². The smallest absolute Gasteiger partial charge is 0.303 e. The van der Waals surface area contributed by atoms with E-state index in [-0.39, 0.29) is 5.56 Å². The Bertz CT molecular complexity index is 866. The molecule has 0 unspecified atom stereocenters. The average molecular weight is 505 g/mol. The van der Waals surface area contributed by atoms with Crippen LogP contribution in [0.25, 0.3) is 0 Å². The SMILES string of the molecule is CC(C)(C)C1CCN(Cc2ccc([C@H](NS(C)(=O)=O)C(F)(F)F)cc2)CC1.O=P(O)(O)O. The van der Waals surface area contributed by atoms with Gasteiger partial charge in [0, 0.05) is 6.54 Å². The molecule has 0 aromatic heterocycles. The van der Waals surface area contributed by atoms with Crippen LogP contribution in [0.2, 0.25) is 0 Å². The van der Waals surface area contributed by atoms with Crippen LogP contribution in [-0.2, 0) is 21.1 Å². The first-order chi connectivity index (χ1) is 14.3. The zero-order valence-corrected chi connectivity index (χ0v) is 20.2.